The molecule has 2 atom stereocenters. The molecule has 4 heteroatoms. The maximum atomic E-state index is 11.7. The van der Waals surface area contributed by atoms with Gasteiger partial charge in [0.05, 0.1) is 18.8 Å². The van der Waals surface area contributed by atoms with Crippen LogP contribution in [-0.4, -0.2) is 42.0 Å². The van der Waals surface area contributed by atoms with Crippen LogP contribution < -0.4 is 0 Å². The van der Waals surface area contributed by atoms with E-state index < -0.39 is 0 Å². The molecule has 1 aliphatic carbocycles. The van der Waals surface area contributed by atoms with E-state index in [0.717, 1.165) is 19.4 Å². The third kappa shape index (κ3) is 1.89. The Morgan fingerprint density at radius 2 is 2.36 bits per heavy atom. The van der Waals surface area contributed by atoms with Gasteiger partial charge in [-0.05, 0) is 19.3 Å². The number of amides is 1. The molecule has 1 heterocycles. The van der Waals surface area contributed by atoms with Gasteiger partial charge in [-0.1, -0.05) is 0 Å². The molecule has 1 amide bonds. The Labute approximate surface area is 89.4 Å². The Morgan fingerprint density at radius 3 is 3.14 bits per heavy atom. The van der Waals surface area contributed by atoms with Crippen LogP contribution in [0.1, 0.15) is 25.7 Å². The summed E-state index contributed by atoms with van der Waals surface area (Å²) in [6, 6.07) is 0.333. The lowest BCUT2D eigenvalue weighted by Gasteiger charge is -2.37. The number of nitrogens with zero attached hydrogens (tertiary/aromatic N) is 1. The van der Waals surface area contributed by atoms with E-state index >= 15 is 0 Å². The van der Waals surface area contributed by atoms with Crippen molar-refractivity contribution in [3.05, 3.63) is 0 Å². The molecule has 0 bridgehead atoms. The highest BCUT2D eigenvalue weighted by Gasteiger charge is 2.37. The van der Waals surface area contributed by atoms with Crippen molar-refractivity contribution in [3.8, 4) is 0 Å². The maximum absolute atomic E-state index is 11.7. The second kappa shape index (κ2) is 4.49. The first-order valence-electron chi connectivity index (χ1n) is 5.30. The summed E-state index contributed by atoms with van der Waals surface area (Å²) in [4.78, 5) is 13.7. The highest BCUT2D eigenvalue weighted by molar-refractivity contribution is 6.18. The van der Waals surface area contributed by atoms with Gasteiger partial charge in [0.25, 0.3) is 0 Å². The Balaban J connectivity index is 1.99. The number of hydrogen-bond acceptors (Lipinski definition) is 2. The number of carbonyl (C=O) groups is 1. The van der Waals surface area contributed by atoms with Crippen LogP contribution >= 0.6 is 11.6 Å². The highest BCUT2D eigenvalue weighted by Crippen LogP contribution is 2.29. The smallest absolute Gasteiger partial charge is 0.224 e. The van der Waals surface area contributed by atoms with Crippen LogP contribution in [0, 0.1) is 0 Å². The molecular formula is C10H16ClNO2. The minimum Gasteiger partial charge on any atom is -0.374 e. The summed E-state index contributed by atoms with van der Waals surface area (Å²) in [5.74, 6) is 0.619. The van der Waals surface area contributed by atoms with E-state index in [1.165, 1.54) is 6.42 Å². The predicted molar refractivity (Wildman–Crippen MR) is 54.4 cm³/mol. The molecule has 0 N–H and O–H groups in total. The second-order valence-corrected chi connectivity index (χ2v) is 4.31. The van der Waals surface area contributed by atoms with Gasteiger partial charge in [0.1, 0.15) is 0 Å². The molecule has 2 unspecified atom stereocenters. The van der Waals surface area contributed by atoms with Crippen molar-refractivity contribution in [1.82, 2.24) is 4.90 Å². The Hall–Kier alpha value is -0.280. The molecule has 2 aliphatic rings. The lowest BCUT2D eigenvalue weighted by Crippen LogP contribution is -2.51. The molecule has 0 aromatic heterocycles. The molecule has 0 aromatic rings. The lowest BCUT2D eigenvalue weighted by atomic mass is 10.1. The quantitative estimate of drug-likeness (QED) is 0.655. The first kappa shape index (κ1) is 10.2. The third-order valence-corrected chi connectivity index (χ3v) is 3.30. The fourth-order valence-corrected chi connectivity index (χ4v) is 2.62. The summed E-state index contributed by atoms with van der Waals surface area (Å²) < 4.78 is 5.63. The second-order valence-electron chi connectivity index (χ2n) is 3.93. The summed E-state index contributed by atoms with van der Waals surface area (Å²) in [6.07, 6.45) is 4.14. The third-order valence-electron chi connectivity index (χ3n) is 3.11. The number of carbonyl (C=O) groups excluding carboxylic acids is 1. The van der Waals surface area contributed by atoms with E-state index in [9.17, 15) is 4.79 Å². The molecule has 80 valence electrons. The predicted octanol–water partition coefficient (Wildman–Crippen LogP) is 1.40. The monoisotopic (exact) mass is 217 g/mol. The van der Waals surface area contributed by atoms with Gasteiger partial charge in [0.2, 0.25) is 5.91 Å². The van der Waals surface area contributed by atoms with Crippen LogP contribution in [0.3, 0.4) is 0 Å². The van der Waals surface area contributed by atoms with Gasteiger partial charge < -0.3 is 9.64 Å². The Kier molecular flexibility index (Phi) is 3.29. The SMILES string of the molecule is O=C(CCCl)N1CCOC2CCCC21. The molecular weight excluding hydrogens is 202 g/mol. The van der Waals surface area contributed by atoms with Crippen molar-refractivity contribution in [2.45, 2.75) is 37.8 Å². The van der Waals surface area contributed by atoms with E-state index in [1.54, 1.807) is 0 Å². The number of morpholine rings is 1. The van der Waals surface area contributed by atoms with E-state index in [0.29, 0.717) is 31.1 Å². The van der Waals surface area contributed by atoms with Gasteiger partial charge >= 0.3 is 0 Å². The van der Waals surface area contributed by atoms with Crippen LogP contribution in [0.4, 0.5) is 0 Å². The molecule has 3 nitrogen and oxygen atoms in total. The number of halogens is 1. The molecule has 0 radical (unpaired) electrons. The zero-order valence-electron chi connectivity index (χ0n) is 8.25. The van der Waals surface area contributed by atoms with Gasteiger partial charge in [-0.15, -0.1) is 11.6 Å². The van der Waals surface area contributed by atoms with E-state index in [-0.39, 0.29) is 5.91 Å². The largest absolute Gasteiger partial charge is 0.374 e. The molecule has 0 spiro atoms. The first-order chi connectivity index (χ1) is 6.83. The summed E-state index contributed by atoms with van der Waals surface area (Å²) >= 11 is 5.58. The van der Waals surface area contributed by atoms with Crippen LogP contribution in [0.25, 0.3) is 0 Å². The molecule has 0 aromatic carbocycles. The van der Waals surface area contributed by atoms with Crippen LogP contribution in [0.5, 0.6) is 0 Å². The molecule has 2 fully saturated rings. The highest BCUT2D eigenvalue weighted by atomic mass is 35.5. The minimum absolute atomic E-state index is 0.195. The van der Waals surface area contributed by atoms with Crippen LogP contribution in [0.15, 0.2) is 0 Å². The van der Waals surface area contributed by atoms with Crippen molar-refractivity contribution >= 4 is 17.5 Å². The number of ether oxygens (including phenoxy) is 1. The van der Waals surface area contributed by atoms with E-state index in [4.69, 9.17) is 16.3 Å². The molecule has 2 rings (SSSR count). The van der Waals surface area contributed by atoms with Gasteiger partial charge in [-0.2, -0.15) is 0 Å². The van der Waals surface area contributed by atoms with E-state index in [1.807, 2.05) is 4.90 Å². The number of rotatable bonds is 2. The maximum Gasteiger partial charge on any atom is 0.224 e. The molecule has 1 saturated carbocycles. The van der Waals surface area contributed by atoms with Gasteiger partial charge in [-0.25, -0.2) is 0 Å². The fourth-order valence-electron chi connectivity index (χ4n) is 2.46. The average Bonchev–Trinajstić information content (AvgIpc) is 2.65. The number of fused-ring (bicyclic) bond motifs is 1. The van der Waals surface area contributed by atoms with Crippen LogP contribution in [-0.2, 0) is 9.53 Å². The van der Waals surface area contributed by atoms with Crippen molar-refractivity contribution in [1.29, 1.82) is 0 Å². The average molecular weight is 218 g/mol. The summed E-state index contributed by atoms with van der Waals surface area (Å²) in [5, 5.41) is 0. The molecule has 14 heavy (non-hydrogen) atoms. The van der Waals surface area contributed by atoms with Crippen molar-refractivity contribution in [3.63, 3.8) is 0 Å². The van der Waals surface area contributed by atoms with Gasteiger partial charge in [-0.3, -0.25) is 4.79 Å². The van der Waals surface area contributed by atoms with Gasteiger partial charge in [0.15, 0.2) is 0 Å². The molecule has 1 saturated heterocycles. The summed E-state index contributed by atoms with van der Waals surface area (Å²) in [5.41, 5.74) is 0. The molecule has 1 aliphatic heterocycles. The minimum atomic E-state index is 0.195. The lowest BCUT2D eigenvalue weighted by molar-refractivity contribution is -0.143. The van der Waals surface area contributed by atoms with Crippen LogP contribution in [0.2, 0.25) is 0 Å². The zero-order valence-corrected chi connectivity index (χ0v) is 9.00. The van der Waals surface area contributed by atoms with Crippen molar-refractivity contribution in [2.24, 2.45) is 0 Å². The summed E-state index contributed by atoms with van der Waals surface area (Å²) in [6.45, 7) is 1.44. The summed E-state index contributed by atoms with van der Waals surface area (Å²) in [7, 11) is 0. The normalized spacial score (nSPS) is 31.6. The Bertz CT molecular complexity index is 222. The standard InChI is InChI=1S/C10H16ClNO2/c11-5-4-10(13)12-6-7-14-9-3-1-2-8(9)12/h8-9H,1-7H2. The van der Waals surface area contributed by atoms with Crippen molar-refractivity contribution in [2.75, 3.05) is 19.0 Å². The fraction of sp³-hybridized carbons (Fsp3) is 0.900. The zero-order chi connectivity index (χ0) is 9.97. The topological polar surface area (TPSA) is 29.5 Å². The Morgan fingerprint density at radius 1 is 1.50 bits per heavy atom. The van der Waals surface area contributed by atoms with Crippen molar-refractivity contribution < 1.29 is 9.53 Å². The van der Waals surface area contributed by atoms with E-state index in [2.05, 4.69) is 0 Å². The van der Waals surface area contributed by atoms with Gasteiger partial charge in [0, 0.05) is 18.8 Å². The number of alkyl halides is 1. The number of hydrogen-bond donors (Lipinski definition) is 0. The first-order valence-corrected chi connectivity index (χ1v) is 5.83.